The van der Waals surface area contributed by atoms with Gasteiger partial charge in [0.1, 0.15) is 0 Å². The molecule has 6 nitrogen and oxygen atoms in total. The molecule has 0 aromatic heterocycles. The molecule has 0 unspecified atom stereocenters. The lowest BCUT2D eigenvalue weighted by atomic mass is 10.1. The zero-order valence-corrected chi connectivity index (χ0v) is 18.7. The molecule has 1 aliphatic rings. The fourth-order valence-corrected chi connectivity index (χ4v) is 3.76. The van der Waals surface area contributed by atoms with E-state index in [9.17, 15) is 4.79 Å². The fourth-order valence-electron chi connectivity index (χ4n) is 3.58. The molecule has 1 aliphatic heterocycles. The van der Waals surface area contributed by atoms with E-state index < -0.39 is 0 Å². The Morgan fingerprint density at radius 1 is 1.03 bits per heavy atom. The SMILES string of the molecule is COc1ccc(CCNC(=O)CN2CCN(c3ccc(C)c(Cl)c3)CC2)cc1OC. The average Bonchev–Trinajstić information content (AvgIpc) is 2.76. The van der Waals surface area contributed by atoms with Crippen LogP contribution in [-0.4, -0.2) is 64.3 Å². The molecule has 0 atom stereocenters. The Morgan fingerprint density at radius 3 is 2.43 bits per heavy atom. The van der Waals surface area contributed by atoms with Crippen LogP contribution in [0.5, 0.6) is 11.5 Å². The molecule has 2 aromatic carbocycles. The molecule has 1 saturated heterocycles. The van der Waals surface area contributed by atoms with Gasteiger partial charge in [0.2, 0.25) is 5.91 Å². The molecule has 1 amide bonds. The first-order valence-corrected chi connectivity index (χ1v) is 10.6. The van der Waals surface area contributed by atoms with Gasteiger partial charge in [-0.2, -0.15) is 0 Å². The maximum atomic E-state index is 12.3. The second-order valence-corrected chi connectivity index (χ2v) is 7.89. The summed E-state index contributed by atoms with van der Waals surface area (Å²) in [5.41, 5.74) is 3.33. The van der Waals surface area contributed by atoms with Crippen molar-refractivity contribution in [1.29, 1.82) is 0 Å². The zero-order chi connectivity index (χ0) is 21.5. The van der Waals surface area contributed by atoms with Crippen LogP contribution >= 0.6 is 11.6 Å². The average molecular weight is 432 g/mol. The summed E-state index contributed by atoms with van der Waals surface area (Å²) in [7, 11) is 3.24. The van der Waals surface area contributed by atoms with Crippen molar-refractivity contribution < 1.29 is 14.3 Å². The third-order valence-corrected chi connectivity index (χ3v) is 5.85. The number of piperazine rings is 1. The monoisotopic (exact) mass is 431 g/mol. The second kappa shape index (κ2) is 10.5. The summed E-state index contributed by atoms with van der Waals surface area (Å²) in [6, 6.07) is 12.0. The maximum absolute atomic E-state index is 12.3. The van der Waals surface area contributed by atoms with Crippen LogP contribution in [-0.2, 0) is 11.2 Å². The minimum Gasteiger partial charge on any atom is -0.493 e. The number of carbonyl (C=O) groups is 1. The highest BCUT2D eigenvalue weighted by Crippen LogP contribution is 2.27. The predicted molar refractivity (Wildman–Crippen MR) is 121 cm³/mol. The van der Waals surface area contributed by atoms with E-state index in [1.807, 2.05) is 31.2 Å². The number of ether oxygens (including phenoxy) is 2. The molecule has 1 heterocycles. The van der Waals surface area contributed by atoms with Crippen molar-refractivity contribution in [3.8, 4) is 11.5 Å². The number of aryl methyl sites for hydroxylation is 1. The molecule has 1 N–H and O–H groups in total. The van der Waals surface area contributed by atoms with Crippen LogP contribution in [0.1, 0.15) is 11.1 Å². The number of nitrogens with zero attached hydrogens (tertiary/aromatic N) is 2. The van der Waals surface area contributed by atoms with Gasteiger partial charge in [-0.25, -0.2) is 0 Å². The molecular weight excluding hydrogens is 402 g/mol. The summed E-state index contributed by atoms with van der Waals surface area (Å²) in [6.45, 7) is 6.51. The van der Waals surface area contributed by atoms with Crippen molar-refractivity contribution in [3.05, 3.63) is 52.5 Å². The van der Waals surface area contributed by atoms with Crippen LogP contribution in [0.4, 0.5) is 5.69 Å². The molecule has 0 bridgehead atoms. The summed E-state index contributed by atoms with van der Waals surface area (Å²) in [5.74, 6) is 1.47. The Morgan fingerprint density at radius 2 is 1.77 bits per heavy atom. The molecule has 162 valence electrons. The normalized spacial score (nSPS) is 14.5. The fraction of sp³-hybridized carbons (Fsp3) is 0.435. The van der Waals surface area contributed by atoms with Crippen molar-refractivity contribution in [2.24, 2.45) is 0 Å². The van der Waals surface area contributed by atoms with E-state index in [1.165, 1.54) is 0 Å². The quantitative estimate of drug-likeness (QED) is 0.695. The van der Waals surface area contributed by atoms with Crippen LogP contribution in [0.3, 0.4) is 0 Å². The number of anilines is 1. The summed E-state index contributed by atoms with van der Waals surface area (Å²) in [4.78, 5) is 16.8. The van der Waals surface area contributed by atoms with E-state index in [2.05, 4.69) is 27.2 Å². The van der Waals surface area contributed by atoms with Crippen LogP contribution in [0.2, 0.25) is 5.02 Å². The second-order valence-electron chi connectivity index (χ2n) is 7.49. The molecule has 0 spiro atoms. The Balaban J connectivity index is 1.40. The highest BCUT2D eigenvalue weighted by Gasteiger charge is 2.19. The van der Waals surface area contributed by atoms with E-state index in [0.717, 1.165) is 54.4 Å². The van der Waals surface area contributed by atoms with E-state index in [4.69, 9.17) is 21.1 Å². The molecule has 0 aliphatic carbocycles. The third-order valence-electron chi connectivity index (χ3n) is 5.44. The zero-order valence-electron chi connectivity index (χ0n) is 17.9. The van der Waals surface area contributed by atoms with Gasteiger partial charge in [0, 0.05) is 43.4 Å². The molecule has 0 saturated carbocycles. The Bertz CT molecular complexity index is 867. The minimum absolute atomic E-state index is 0.0577. The Labute approximate surface area is 183 Å². The number of hydrogen-bond acceptors (Lipinski definition) is 5. The topological polar surface area (TPSA) is 54.0 Å². The smallest absolute Gasteiger partial charge is 0.234 e. The first kappa shape index (κ1) is 22.2. The van der Waals surface area contributed by atoms with Gasteiger partial charge in [-0.3, -0.25) is 9.69 Å². The van der Waals surface area contributed by atoms with Crippen LogP contribution in [0, 0.1) is 6.92 Å². The number of hydrogen-bond donors (Lipinski definition) is 1. The number of amides is 1. The highest BCUT2D eigenvalue weighted by molar-refractivity contribution is 6.31. The summed E-state index contributed by atoms with van der Waals surface area (Å²) in [5, 5.41) is 3.81. The first-order chi connectivity index (χ1) is 14.5. The van der Waals surface area contributed by atoms with Crippen LogP contribution in [0.25, 0.3) is 0 Å². The van der Waals surface area contributed by atoms with E-state index >= 15 is 0 Å². The van der Waals surface area contributed by atoms with Gasteiger partial charge in [0.25, 0.3) is 0 Å². The van der Waals surface area contributed by atoms with Crippen LogP contribution < -0.4 is 19.7 Å². The van der Waals surface area contributed by atoms with Crippen molar-refractivity contribution >= 4 is 23.2 Å². The lowest BCUT2D eigenvalue weighted by Crippen LogP contribution is -2.49. The number of halogens is 1. The Kier molecular flexibility index (Phi) is 7.82. The number of carbonyl (C=O) groups excluding carboxylic acids is 1. The van der Waals surface area contributed by atoms with E-state index in [1.54, 1.807) is 14.2 Å². The molecule has 30 heavy (non-hydrogen) atoms. The number of methoxy groups -OCH3 is 2. The largest absolute Gasteiger partial charge is 0.493 e. The molecule has 0 radical (unpaired) electrons. The Hall–Kier alpha value is -2.44. The summed E-state index contributed by atoms with van der Waals surface area (Å²) < 4.78 is 10.6. The van der Waals surface area contributed by atoms with Gasteiger partial charge in [-0.1, -0.05) is 23.7 Å². The van der Waals surface area contributed by atoms with Gasteiger partial charge >= 0.3 is 0 Å². The van der Waals surface area contributed by atoms with Crippen LogP contribution in [0.15, 0.2) is 36.4 Å². The lowest BCUT2D eigenvalue weighted by molar-refractivity contribution is -0.122. The highest BCUT2D eigenvalue weighted by atomic mass is 35.5. The van der Waals surface area contributed by atoms with Gasteiger partial charge in [-0.05, 0) is 48.7 Å². The predicted octanol–water partition coefficient (Wildman–Crippen LogP) is 3.15. The third kappa shape index (κ3) is 5.80. The van der Waals surface area contributed by atoms with Gasteiger partial charge in [0.05, 0.1) is 20.8 Å². The van der Waals surface area contributed by atoms with Gasteiger partial charge in [-0.15, -0.1) is 0 Å². The number of rotatable bonds is 8. The molecule has 1 fully saturated rings. The summed E-state index contributed by atoms with van der Waals surface area (Å²) in [6.07, 6.45) is 0.744. The van der Waals surface area contributed by atoms with Gasteiger partial charge < -0.3 is 19.7 Å². The maximum Gasteiger partial charge on any atom is 0.234 e. The lowest BCUT2D eigenvalue weighted by Gasteiger charge is -2.35. The van der Waals surface area contributed by atoms with E-state index in [0.29, 0.717) is 24.6 Å². The number of benzene rings is 2. The molecule has 3 rings (SSSR count). The van der Waals surface area contributed by atoms with E-state index in [-0.39, 0.29) is 5.91 Å². The number of nitrogens with one attached hydrogen (secondary N) is 1. The van der Waals surface area contributed by atoms with Crippen molar-refractivity contribution in [2.45, 2.75) is 13.3 Å². The molecule has 7 heteroatoms. The molecule has 2 aromatic rings. The van der Waals surface area contributed by atoms with Crippen molar-refractivity contribution in [2.75, 3.05) is 58.4 Å². The minimum atomic E-state index is 0.0577. The molecular formula is C23H30ClN3O3. The van der Waals surface area contributed by atoms with Gasteiger partial charge in [0.15, 0.2) is 11.5 Å². The van der Waals surface area contributed by atoms with Crippen molar-refractivity contribution in [1.82, 2.24) is 10.2 Å². The summed E-state index contributed by atoms with van der Waals surface area (Å²) >= 11 is 6.25. The standard InChI is InChI=1S/C23H30ClN3O3/c1-17-4-6-19(15-20(17)24)27-12-10-26(11-13-27)16-23(28)25-9-8-18-5-7-21(29-2)22(14-18)30-3/h4-7,14-15H,8-13,16H2,1-3H3,(H,25,28). The van der Waals surface area contributed by atoms with Crippen molar-refractivity contribution in [3.63, 3.8) is 0 Å². The first-order valence-electron chi connectivity index (χ1n) is 10.2.